The Balaban J connectivity index is 1.89. The number of fused-ring (bicyclic) bond motifs is 1. The van der Waals surface area contributed by atoms with Crippen molar-refractivity contribution in [3.05, 3.63) is 68.6 Å². The van der Waals surface area contributed by atoms with Gasteiger partial charge in [0.15, 0.2) is 0 Å². The molecule has 7 nitrogen and oxygen atoms in total. The van der Waals surface area contributed by atoms with Gasteiger partial charge in [-0.25, -0.2) is 4.79 Å². The van der Waals surface area contributed by atoms with Crippen LogP contribution in [0.2, 0.25) is 0 Å². The van der Waals surface area contributed by atoms with Crippen LogP contribution in [0, 0.1) is 17.0 Å². The molecule has 0 saturated heterocycles. The van der Waals surface area contributed by atoms with E-state index in [1.54, 1.807) is 50.2 Å². The summed E-state index contributed by atoms with van der Waals surface area (Å²) in [4.78, 5) is 35.6. The van der Waals surface area contributed by atoms with Gasteiger partial charge in [-0.2, -0.15) is 0 Å². The smallest absolute Gasteiger partial charge is 0.348 e. The molecule has 0 radical (unpaired) electrons. The molecule has 0 aliphatic carbocycles. The van der Waals surface area contributed by atoms with E-state index in [9.17, 15) is 19.7 Å². The number of nitro groups is 1. The lowest BCUT2D eigenvalue weighted by Crippen LogP contribution is -2.14. The van der Waals surface area contributed by atoms with Gasteiger partial charge in [-0.15, -0.1) is 11.3 Å². The van der Waals surface area contributed by atoms with Crippen molar-refractivity contribution >= 4 is 44.7 Å². The van der Waals surface area contributed by atoms with E-state index in [1.807, 2.05) is 0 Å². The number of benzene rings is 2. The zero-order valence-corrected chi connectivity index (χ0v) is 15.5. The molecular formula is C19H16N2O5S. The highest BCUT2D eigenvalue weighted by atomic mass is 32.1. The van der Waals surface area contributed by atoms with Crippen LogP contribution in [-0.2, 0) is 4.74 Å². The third-order valence-corrected chi connectivity index (χ3v) is 5.01. The van der Waals surface area contributed by atoms with Crippen LogP contribution in [0.4, 0.5) is 11.4 Å². The van der Waals surface area contributed by atoms with Crippen molar-refractivity contribution in [3.63, 3.8) is 0 Å². The lowest BCUT2D eigenvalue weighted by molar-refractivity contribution is -0.385. The van der Waals surface area contributed by atoms with Gasteiger partial charge in [0.25, 0.3) is 11.6 Å². The number of nitro benzene ring substituents is 1. The number of anilines is 1. The highest BCUT2D eigenvalue weighted by molar-refractivity contribution is 7.20. The number of carbonyl (C=O) groups excluding carboxylic acids is 2. The van der Waals surface area contributed by atoms with Crippen LogP contribution in [0.25, 0.3) is 10.1 Å². The van der Waals surface area contributed by atoms with Crippen molar-refractivity contribution in [2.24, 2.45) is 0 Å². The van der Waals surface area contributed by atoms with Gasteiger partial charge in [-0.1, -0.05) is 12.1 Å². The lowest BCUT2D eigenvalue weighted by Gasteiger charge is -2.07. The van der Waals surface area contributed by atoms with Gasteiger partial charge < -0.3 is 10.1 Å². The standard InChI is InChI=1S/C19H16N2O5S/c1-3-26-19(23)16-10-12-9-13(7-8-15(12)27-16)20-18(22)14-6-4-5-11(2)17(14)21(24)25/h4-10H,3H2,1-2H3,(H,20,22). The summed E-state index contributed by atoms with van der Waals surface area (Å²) < 4.78 is 5.87. The number of hydrogen-bond donors (Lipinski definition) is 1. The van der Waals surface area contributed by atoms with Crippen LogP contribution < -0.4 is 5.32 Å². The molecule has 0 unspecified atom stereocenters. The maximum atomic E-state index is 12.5. The number of thiophene rings is 1. The Kier molecular flexibility index (Phi) is 5.18. The zero-order chi connectivity index (χ0) is 19.6. The van der Waals surface area contributed by atoms with E-state index >= 15 is 0 Å². The predicted octanol–water partition coefficient (Wildman–Crippen LogP) is 4.55. The van der Waals surface area contributed by atoms with Gasteiger partial charge in [0, 0.05) is 16.0 Å². The first-order valence-corrected chi connectivity index (χ1v) is 8.98. The number of aryl methyl sites for hydroxylation is 1. The second-order valence-electron chi connectivity index (χ2n) is 5.77. The zero-order valence-electron chi connectivity index (χ0n) is 14.6. The third kappa shape index (κ3) is 3.80. The lowest BCUT2D eigenvalue weighted by atomic mass is 10.1. The molecule has 0 spiro atoms. The van der Waals surface area contributed by atoms with Crippen molar-refractivity contribution in [2.45, 2.75) is 13.8 Å². The first-order chi connectivity index (χ1) is 12.9. The SMILES string of the molecule is CCOC(=O)c1cc2cc(NC(=O)c3cccc(C)c3[N+](=O)[O-])ccc2s1. The second-order valence-corrected chi connectivity index (χ2v) is 6.85. The van der Waals surface area contributed by atoms with Gasteiger partial charge in [0.05, 0.1) is 11.5 Å². The second kappa shape index (κ2) is 7.55. The van der Waals surface area contributed by atoms with Crippen molar-refractivity contribution in [2.75, 3.05) is 11.9 Å². The number of ether oxygens (including phenoxy) is 1. The Morgan fingerprint density at radius 3 is 2.70 bits per heavy atom. The summed E-state index contributed by atoms with van der Waals surface area (Å²) in [6.07, 6.45) is 0. The Morgan fingerprint density at radius 1 is 1.22 bits per heavy atom. The molecule has 2 aromatic carbocycles. The first-order valence-electron chi connectivity index (χ1n) is 8.16. The molecule has 27 heavy (non-hydrogen) atoms. The largest absolute Gasteiger partial charge is 0.462 e. The topological polar surface area (TPSA) is 98.5 Å². The fourth-order valence-corrected chi connectivity index (χ4v) is 3.64. The van der Waals surface area contributed by atoms with Gasteiger partial charge in [0.2, 0.25) is 0 Å². The number of nitrogens with zero attached hydrogens (tertiary/aromatic N) is 1. The van der Waals surface area contributed by atoms with Crippen LogP contribution in [0.3, 0.4) is 0 Å². The summed E-state index contributed by atoms with van der Waals surface area (Å²) in [6.45, 7) is 3.62. The maximum Gasteiger partial charge on any atom is 0.348 e. The van der Waals surface area contributed by atoms with Crippen LogP contribution in [0.1, 0.15) is 32.5 Å². The third-order valence-electron chi connectivity index (χ3n) is 3.92. The monoisotopic (exact) mass is 384 g/mol. The molecule has 0 saturated carbocycles. The fourth-order valence-electron chi connectivity index (χ4n) is 2.71. The summed E-state index contributed by atoms with van der Waals surface area (Å²) in [5.41, 5.74) is 0.686. The van der Waals surface area contributed by atoms with Crippen LogP contribution in [-0.4, -0.2) is 23.4 Å². The normalized spacial score (nSPS) is 10.6. The van der Waals surface area contributed by atoms with E-state index in [2.05, 4.69) is 5.32 Å². The van der Waals surface area contributed by atoms with Gasteiger partial charge >= 0.3 is 5.97 Å². The van der Waals surface area contributed by atoms with Gasteiger partial charge in [0.1, 0.15) is 10.4 Å². The van der Waals surface area contributed by atoms with Crippen LogP contribution in [0.5, 0.6) is 0 Å². The maximum absolute atomic E-state index is 12.5. The summed E-state index contributed by atoms with van der Waals surface area (Å²) >= 11 is 1.30. The number of amides is 1. The number of rotatable bonds is 5. The Bertz CT molecular complexity index is 1060. The molecule has 1 heterocycles. The Labute approximate surface area is 158 Å². The molecule has 0 aliphatic rings. The summed E-state index contributed by atoms with van der Waals surface area (Å²) in [5.74, 6) is -0.953. The Morgan fingerprint density at radius 2 is 2.00 bits per heavy atom. The molecule has 0 fully saturated rings. The highest BCUT2D eigenvalue weighted by Crippen LogP contribution is 2.29. The van der Waals surface area contributed by atoms with E-state index in [0.29, 0.717) is 22.7 Å². The van der Waals surface area contributed by atoms with Crippen molar-refractivity contribution < 1.29 is 19.2 Å². The molecule has 3 aromatic rings. The molecule has 3 rings (SSSR count). The Hall–Kier alpha value is -3.26. The van der Waals surface area contributed by atoms with E-state index < -0.39 is 10.8 Å². The minimum atomic E-state index is -0.564. The van der Waals surface area contributed by atoms with E-state index in [1.165, 1.54) is 17.4 Å². The van der Waals surface area contributed by atoms with Gasteiger partial charge in [-0.3, -0.25) is 14.9 Å². The first kappa shape index (κ1) is 18.5. The van der Waals surface area contributed by atoms with Crippen LogP contribution >= 0.6 is 11.3 Å². The molecule has 1 aromatic heterocycles. The van der Waals surface area contributed by atoms with E-state index in [0.717, 1.165) is 10.1 Å². The minimum Gasteiger partial charge on any atom is -0.462 e. The highest BCUT2D eigenvalue weighted by Gasteiger charge is 2.22. The molecular weight excluding hydrogens is 368 g/mol. The molecule has 0 aliphatic heterocycles. The molecule has 0 bridgehead atoms. The number of nitrogens with one attached hydrogen (secondary N) is 1. The number of carbonyl (C=O) groups is 2. The number of para-hydroxylation sites is 1. The van der Waals surface area contributed by atoms with E-state index in [-0.39, 0.29) is 17.2 Å². The van der Waals surface area contributed by atoms with Crippen molar-refractivity contribution in [1.82, 2.24) is 0 Å². The summed E-state index contributed by atoms with van der Waals surface area (Å²) in [5, 5.41) is 14.7. The molecule has 8 heteroatoms. The molecule has 138 valence electrons. The molecule has 0 atom stereocenters. The van der Waals surface area contributed by atoms with Gasteiger partial charge in [-0.05, 0) is 49.6 Å². The van der Waals surface area contributed by atoms with E-state index in [4.69, 9.17) is 4.74 Å². The average Bonchev–Trinajstić information content (AvgIpc) is 3.04. The molecule has 1 amide bonds. The average molecular weight is 384 g/mol. The van der Waals surface area contributed by atoms with Crippen LogP contribution in [0.15, 0.2) is 42.5 Å². The number of esters is 1. The predicted molar refractivity (Wildman–Crippen MR) is 104 cm³/mol. The quantitative estimate of drug-likeness (QED) is 0.395. The minimum absolute atomic E-state index is 0.00220. The fraction of sp³-hybridized carbons (Fsp3) is 0.158. The number of hydrogen-bond acceptors (Lipinski definition) is 6. The summed E-state index contributed by atoms with van der Waals surface area (Å²) in [7, 11) is 0. The molecule has 1 N–H and O–H groups in total. The summed E-state index contributed by atoms with van der Waals surface area (Å²) in [6, 6.07) is 11.5. The van der Waals surface area contributed by atoms with Crippen molar-refractivity contribution in [1.29, 1.82) is 0 Å². The van der Waals surface area contributed by atoms with Crippen molar-refractivity contribution in [3.8, 4) is 0 Å².